The summed E-state index contributed by atoms with van der Waals surface area (Å²) in [6.07, 6.45) is 4.77. The second-order valence-corrected chi connectivity index (χ2v) is 5.44. The maximum atomic E-state index is 9.39. The lowest BCUT2D eigenvalue weighted by Crippen LogP contribution is -2.48. The first-order valence-corrected chi connectivity index (χ1v) is 7.18. The van der Waals surface area contributed by atoms with Crippen LogP contribution in [0, 0.1) is 17.2 Å². The fourth-order valence-corrected chi connectivity index (χ4v) is 2.94. The Bertz CT molecular complexity index is 220. The van der Waals surface area contributed by atoms with Crippen LogP contribution < -0.4 is 5.32 Å². The highest BCUT2D eigenvalue weighted by atomic mass is 32.2. The van der Waals surface area contributed by atoms with Gasteiger partial charge >= 0.3 is 0 Å². The van der Waals surface area contributed by atoms with Crippen molar-refractivity contribution in [2.24, 2.45) is 5.92 Å². The predicted molar refractivity (Wildman–Crippen MR) is 67.0 cm³/mol. The third kappa shape index (κ3) is 3.70. The molecule has 1 atom stereocenters. The van der Waals surface area contributed by atoms with E-state index in [2.05, 4.69) is 25.2 Å². The summed E-state index contributed by atoms with van der Waals surface area (Å²) in [6, 6.07) is 2.54. The van der Waals surface area contributed by atoms with Crippen LogP contribution in [0.5, 0.6) is 0 Å². The predicted octanol–water partition coefficient (Wildman–Crippen LogP) is 2.80. The van der Waals surface area contributed by atoms with E-state index in [9.17, 15) is 5.26 Å². The molecule has 1 aliphatic rings. The van der Waals surface area contributed by atoms with Gasteiger partial charge in [-0.15, -0.1) is 0 Å². The molecule has 0 aromatic heterocycles. The molecule has 0 saturated heterocycles. The molecule has 0 aromatic carbocycles. The number of nitrogens with one attached hydrogen (secondary N) is 1. The molecule has 0 spiro atoms. The molecule has 0 aromatic rings. The van der Waals surface area contributed by atoms with Gasteiger partial charge in [0.2, 0.25) is 0 Å². The molecule has 1 fully saturated rings. The van der Waals surface area contributed by atoms with Crippen LogP contribution in [0.3, 0.4) is 0 Å². The van der Waals surface area contributed by atoms with Crippen LogP contribution in [-0.4, -0.2) is 23.6 Å². The smallest absolute Gasteiger partial charge is 0.118 e. The molecule has 0 amide bonds. The van der Waals surface area contributed by atoms with Crippen molar-refractivity contribution in [3.63, 3.8) is 0 Å². The van der Waals surface area contributed by atoms with Gasteiger partial charge in [-0.25, -0.2) is 0 Å². The number of nitrogens with zero attached hydrogens (tertiary/aromatic N) is 1. The van der Waals surface area contributed by atoms with E-state index in [1.807, 2.05) is 11.8 Å². The van der Waals surface area contributed by atoms with E-state index in [-0.39, 0.29) is 5.54 Å². The zero-order chi connectivity index (χ0) is 11.1. The van der Waals surface area contributed by atoms with E-state index in [1.54, 1.807) is 0 Å². The average Bonchev–Trinajstić information content (AvgIpc) is 3.08. The van der Waals surface area contributed by atoms with Gasteiger partial charge in [-0.05, 0) is 43.9 Å². The van der Waals surface area contributed by atoms with Crippen molar-refractivity contribution >= 4 is 11.8 Å². The molecule has 0 aliphatic heterocycles. The van der Waals surface area contributed by atoms with Crippen LogP contribution in [0.1, 0.15) is 39.5 Å². The Morgan fingerprint density at radius 1 is 1.40 bits per heavy atom. The molecule has 3 heteroatoms. The van der Waals surface area contributed by atoms with E-state index in [0.29, 0.717) is 5.92 Å². The molecule has 1 N–H and O–H groups in total. The number of hydrogen-bond acceptors (Lipinski definition) is 3. The number of thioether (sulfide) groups is 1. The summed E-state index contributed by atoms with van der Waals surface area (Å²) in [5, 5.41) is 12.9. The van der Waals surface area contributed by atoms with Gasteiger partial charge in [0.25, 0.3) is 0 Å². The van der Waals surface area contributed by atoms with Crippen molar-refractivity contribution in [1.82, 2.24) is 5.32 Å². The SMILES string of the molecule is CCCNC(C#N)(CSCCC)C1CC1. The molecule has 0 bridgehead atoms. The average molecular weight is 226 g/mol. The first-order valence-electron chi connectivity index (χ1n) is 6.03. The molecule has 86 valence electrons. The monoisotopic (exact) mass is 226 g/mol. The maximum absolute atomic E-state index is 9.39. The molecule has 1 aliphatic carbocycles. The molecule has 15 heavy (non-hydrogen) atoms. The summed E-state index contributed by atoms with van der Waals surface area (Å²) in [4.78, 5) is 0. The van der Waals surface area contributed by atoms with Crippen molar-refractivity contribution in [3.05, 3.63) is 0 Å². The zero-order valence-corrected chi connectivity index (χ0v) is 10.7. The van der Waals surface area contributed by atoms with Crippen LogP contribution >= 0.6 is 11.8 Å². The highest BCUT2D eigenvalue weighted by Crippen LogP contribution is 2.41. The zero-order valence-electron chi connectivity index (χ0n) is 9.88. The number of rotatable bonds is 8. The lowest BCUT2D eigenvalue weighted by atomic mass is 9.97. The molecular formula is C12H22N2S. The highest BCUT2D eigenvalue weighted by Gasteiger charge is 2.44. The van der Waals surface area contributed by atoms with Gasteiger partial charge in [0.05, 0.1) is 6.07 Å². The van der Waals surface area contributed by atoms with Gasteiger partial charge in [0.1, 0.15) is 5.54 Å². The Morgan fingerprint density at radius 3 is 2.60 bits per heavy atom. The first kappa shape index (κ1) is 12.9. The summed E-state index contributed by atoms with van der Waals surface area (Å²) in [6.45, 7) is 5.32. The van der Waals surface area contributed by atoms with Crippen LogP contribution in [0.4, 0.5) is 0 Å². The molecule has 0 heterocycles. The summed E-state index contributed by atoms with van der Waals surface area (Å²) in [7, 11) is 0. The van der Waals surface area contributed by atoms with Crippen molar-refractivity contribution in [2.45, 2.75) is 45.1 Å². The topological polar surface area (TPSA) is 35.8 Å². The molecule has 2 nitrogen and oxygen atoms in total. The van der Waals surface area contributed by atoms with Gasteiger partial charge < -0.3 is 0 Å². The van der Waals surface area contributed by atoms with Crippen LogP contribution in [0.25, 0.3) is 0 Å². The fraction of sp³-hybridized carbons (Fsp3) is 0.917. The lowest BCUT2D eigenvalue weighted by Gasteiger charge is -2.27. The minimum atomic E-state index is -0.226. The molecule has 1 rings (SSSR count). The summed E-state index contributed by atoms with van der Waals surface area (Å²) < 4.78 is 0. The fourth-order valence-electron chi connectivity index (χ4n) is 1.78. The summed E-state index contributed by atoms with van der Waals surface area (Å²) in [5.41, 5.74) is -0.226. The maximum Gasteiger partial charge on any atom is 0.118 e. The Hall–Kier alpha value is -0.200. The Labute approximate surface area is 97.8 Å². The van der Waals surface area contributed by atoms with Crippen LogP contribution in [0.2, 0.25) is 0 Å². The summed E-state index contributed by atoms with van der Waals surface area (Å²) in [5.74, 6) is 2.74. The van der Waals surface area contributed by atoms with Gasteiger partial charge in [0.15, 0.2) is 0 Å². The van der Waals surface area contributed by atoms with Crippen LogP contribution in [0.15, 0.2) is 0 Å². The Kier molecular flexibility index (Phi) is 5.49. The second kappa shape index (κ2) is 6.40. The molecule has 0 radical (unpaired) electrons. The first-order chi connectivity index (χ1) is 7.29. The normalized spacial score (nSPS) is 19.5. The minimum absolute atomic E-state index is 0.226. The third-order valence-corrected chi connectivity index (χ3v) is 4.20. The standard InChI is InChI=1S/C12H22N2S/c1-3-7-14-12(9-13,11-5-6-11)10-15-8-4-2/h11,14H,3-8,10H2,1-2H3. The summed E-state index contributed by atoms with van der Waals surface area (Å²) >= 11 is 1.92. The quantitative estimate of drug-likeness (QED) is 0.646. The van der Waals surface area contributed by atoms with Gasteiger partial charge in [0, 0.05) is 5.75 Å². The second-order valence-electron chi connectivity index (χ2n) is 4.34. The third-order valence-electron chi connectivity index (χ3n) is 2.84. The number of nitriles is 1. The Balaban J connectivity index is 2.46. The number of hydrogen-bond donors (Lipinski definition) is 1. The molecule has 1 saturated carbocycles. The van der Waals surface area contributed by atoms with E-state index in [4.69, 9.17) is 0 Å². The van der Waals surface area contributed by atoms with Gasteiger partial charge in [-0.1, -0.05) is 13.8 Å². The van der Waals surface area contributed by atoms with Crippen molar-refractivity contribution < 1.29 is 0 Å². The van der Waals surface area contributed by atoms with E-state index in [1.165, 1.54) is 25.0 Å². The van der Waals surface area contributed by atoms with Crippen molar-refractivity contribution in [2.75, 3.05) is 18.1 Å². The van der Waals surface area contributed by atoms with Gasteiger partial charge in [-0.2, -0.15) is 17.0 Å². The van der Waals surface area contributed by atoms with Crippen molar-refractivity contribution in [3.8, 4) is 6.07 Å². The van der Waals surface area contributed by atoms with Crippen molar-refractivity contribution in [1.29, 1.82) is 5.26 Å². The van der Waals surface area contributed by atoms with Crippen LogP contribution in [-0.2, 0) is 0 Å². The van der Waals surface area contributed by atoms with E-state index in [0.717, 1.165) is 18.7 Å². The minimum Gasteiger partial charge on any atom is -0.298 e. The lowest BCUT2D eigenvalue weighted by molar-refractivity contribution is 0.405. The van der Waals surface area contributed by atoms with E-state index < -0.39 is 0 Å². The largest absolute Gasteiger partial charge is 0.298 e. The van der Waals surface area contributed by atoms with Gasteiger partial charge in [-0.3, -0.25) is 5.32 Å². The van der Waals surface area contributed by atoms with E-state index >= 15 is 0 Å². The highest BCUT2D eigenvalue weighted by molar-refractivity contribution is 7.99. The molecular weight excluding hydrogens is 204 g/mol. The Morgan fingerprint density at radius 2 is 2.13 bits per heavy atom. The molecule has 1 unspecified atom stereocenters.